The monoisotopic (exact) mass is 458 g/mol. The van der Waals surface area contributed by atoms with Gasteiger partial charge >= 0.3 is 5.97 Å². The Morgan fingerprint density at radius 3 is 2.47 bits per heavy atom. The fourth-order valence-electron chi connectivity index (χ4n) is 2.89. The van der Waals surface area contributed by atoms with Gasteiger partial charge in [-0.2, -0.15) is 0 Å². The maximum absolute atomic E-state index is 13.0. The lowest BCUT2D eigenvalue weighted by Crippen LogP contribution is -2.31. The molecule has 168 valence electrons. The number of ether oxygens (including phenoxy) is 3. The molecule has 32 heavy (non-hydrogen) atoms. The number of nitrogens with zero attached hydrogens (tertiary/aromatic N) is 2. The summed E-state index contributed by atoms with van der Waals surface area (Å²) >= 11 is 1.39. The average molecular weight is 459 g/mol. The first-order valence-electron chi connectivity index (χ1n) is 9.70. The number of halogens is 1. The average Bonchev–Trinajstić information content (AvgIpc) is 3.26. The van der Waals surface area contributed by atoms with Crippen molar-refractivity contribution in [3.63, 3.8) is 0 Å². The number of rotatable bonds is 9. The molecule has 7 nitrogen and oxygen atoms in total. The highest BCUT2D eigenvalue weighted by Gasteiger charge is 2.15. The van der Waals surface area contributed by atoms with Crippen LogP contribution in [0.5, 0.6) is 11.5 Å². The minimum absolute atomic E-state index is 0.0429. The van der Waals surface area contributed by atoms with Crippen LogP contribution in [0.25, 0.3) is 10.6 Å². The van der Waals surface area contributed by atoms with Crippen molar-refractivity contribution in [2.75, 3.05) is 27.9 Å². The second-order valence-corrected chi connectivity index (χ2v) is 7.79. The molecular formula is C23H23FN2O5S. The molecule has 0 atom stereocenters. The number of benzene rings is 2. The molecule has 0 N–H and O–H groups in total. The molecule has 0 aliphatic heterocycles. The van der Waals surface area contributed by atoms with E-state index in [-0.39, 0.29) is 31.3 Å². The molecule has 0 aliphatic carbocycles. The molecule has 1 aromatic heterocycles. The van der Waals surface area contributed by atoms with Gasteiger partial charge in [-0.25, -0.2) is 9.37 Å². The van der Waals surface area contributed by atoms with E-state index in [1.165, 1.54) is 28.4 Å². The third kappa shape index (κ3) is 6.04. The van der Waals surface area contributed by atoms with Crippen LogP contribution in [0.15, 0.2) is 47.8 Å². The van der Waals surface area contributed by atoms with Gasteiger partial charge < -0.3 is 19.1 Å². The summed E-state index contributed by atoms with van der Waals surface area (Å²) in [5.74, 6) is -0.0345. The Balaban J connectivity index is 1.51. The maximum Gasteiger partial charge on any atom is 0.312 e. The SMILES string of the molecule is COc1ccc(-c2nc(CC(=O)OCC(=O)N(C)Cc3ccc(F)cc3)cs2)cc1OC. The highest BCUT2D eigenvalue weighted by molar-refractivity contribution is 7.13. The number of esters is 1. The highest BCUT2D eigenvalue weighted by Crippen LogP contribution is 2.33. The van der Waals surface area contributed by atoms with Crippen LogP contribution in [0, 0.1) is 5.82 Å². The number of methoxy groups -OCH3 is 2. The van der Waals surface area contributed by atoms with Crippen molar-refractivity contribution in [3.8, 4) is 22.1 Å². The lowest BCUT2D eigenvalue weighted by molar-refractivity contribution is -0.151. The number of amides is 1. The first-order valence-corrected chi connectivity index (χ1v) is 10.6. The quantitative estimate of drug-likeness (QED) is 0.455. The van der Waals surface area contributed by atoms with Gasteiger partial charge in [0.15, 0.2) is 18.1 Å². The Morgan fingerprint density at radius 1 is 1.06 bits per heavy atom. The zero-order valence-electron chi connectivity index (χ0n) is 18.0. The fourth-order valence-corrected chi connectivity index (χ4v) is 3.71. The van der Waals surface area contributed by atoms with Gasteiger partial charge in [0.25, 0.3) is 5.91 Å². The van der Waals surface area contributed by atoms with Crippen LogP contribution in [0.2, 0.25) is 0 Å². The third-order valence-corrected chi connectivity index (χ3v) is 5.56. The van der Waals surface area contributed by atoms with Crippen LogP contribution in [0.3, 0.4) is 0 Å². The summed E-state index contributed by atoms with van der Waals surface area (Å²) in [6, 6.07) is 11.3. The zero-order valence-corrected chi connectivity index (χ0v) is 18.8. The van der Waals surface area contributed by atoms with Gasteiger partial charge in [-0.15, -0.1) is 11.3 Å². The maximum atomic E-state index is 13.0. The second kappa shape index (κ2) is 10.7. The summed E-state index contributed by atoms with van der Waals surface area (Å²) in [7, 11) is 4.72. The number of carbonyl (C=O) groups is 2. The van der Waals surface area contributed by atoms with Crippen molar-refractivity contribution in [2.45, 2.75) is 13.0 Å². The standard InChI is InChI=1S/C23H23FN2O5S/c1-26(12-15-4-7-17(24)8-5-15)21(27)13-31-22(28)11-18-14-32-23(25-18)16-6-9-19(29-2)20(10-16)30-3/h4-10,14H,11-13H2,1-3H3. The summed E-state index contributed by atoms with van der Waals surface area (Å²) in [6.45, 7) is -0.0827. The molecule has 0 fully saturated rings. The minimum Gasteiger partial charge on any atom is -0.493 e. The largest absolute Gasteiger partial charge is 0.493 e. The topological polar surface area (TPSA) is 78.0 Å². The summed E-state index contributed by atoms with van der Waals surface area (Å²) in [4.78, 5) is 30.3. The molecule has 1 amide bonds. The van der Waals surface area contributed by atoms with Gasteiger partial charge in [-0.05, 0) is 35.9 Å². The number of aromatic nitrogens is 1. The van der Waals surface area contributed by atoms with Crippen LogP contribution in [0.4, 0.5) is 4.39 Å². The number of hydrogen-bond donors (Lipinski definition) is 0. The highest BCUT2D eigenvalue weighted by atomic mass is 32.1. The molecule has 0 bridgehead atoms. The molecule has 3 aromatic rings. The summed E-state index contributed by atoms with van der Waals surface area (Å²) in [6.07, 6.45) is -0.0429. The first-order chi connectivity index (χ1) is 15.4. The molecule has 0 saturated carbocycles. The Hall–Kier alpha value is -3.46. The minimum atomic E-state index is -0.544. The molecule has 0 saturated heterocycles. The van der Waals surface area contributed by atoms with Gasteiger partial charge in [0.1, 0.15) is 10.8 Å². The number of carbonyl (C=O) groups excluding carboxylic acids is 2. The lowest BCUT2D eigenvalue weighted by atomic mass is 10.2. The van der Waals surface area contributed by atoms with E-state index in [0.29, 0.717) is 17.2 Å². The van der Waals surface area contributed by atoms with Crippen molar-refractivity contribution in [3.05, 3.63) is 64.9 Å². The molecule has 0 radical (unpaired) electrons. The Labute approximate surface area is 189 Å². The van der Waals surface area contributed by atoms with Crippen molar-refractivity contribution in [1.29, 1.82) is 0 Å². The van der Waals surface area contributed by atoms with Crippen molar-refractivity contribution >= 4 is 23.2 Å². The van der Waals surface area contributed by atoms with Crippen LogP contribution in [-0.2, 0) is 27.3 Å². The normalized spacial score (nSPS) is 10.5. The van der Waals surface area contributed by atoms with Crippen molar-refractivity contribution in [2.24, 2.45) is 0 Å². The number of hydrogen-bond acceptors (Lipinski definition) is 7. The van der Waals surface area contributed by atoms with Crippen LogP contribution in [0.1, 0.15) is 11.3 Å². The van der Waals surface area contributed by atoms with E-state index in [1.807, 2.05) is 12.1 Å². The van der Waals surface area contributed by atoms with Crippen LogP contribution < -0.4 is 9.47 Å². The van der Waals surface area contributed by atoms with E-state index in [1.54, 1.807) is 44.8 Å². The molecule has 0 spiro atoms. The number of likely N-dealkylation sites (N-methyl/N-ethyl adjacent to an activating group) is 1. The summed E-state index contributed by atoms with van der Waals surface area (Å²) in [5.41, 5.74) is 2.17. The van der Waals surface area contributed by atoms with E-state index in [0.717, 1.165) is 16.1 Å². The van der Waals surface area contributed by atoms with Gasteiger partial charge in [-0.3, -0.25) is 9.59 Å². The van der Waals surface area contributed by atoms with Crippen LogP contribution in [-0.4, -0.2) is 49.6 Å². The predicted octanol–water partition coefficient (Wildman–Crippen LogP) is 3.71. The third-order valence-electron chi connectivity index (χ3n) is 4.62. The van der Waals surface area contributed by atoms with Crippen LogP contribution >= 0.6 is 11.3 Å². The number of thiazole rings is 1. The zero-order chi connectivity index (χ0) is 23.1. The second-order valence-electron chi connectivity index (χ2n) is 6.93. The fraction of sp³-hybridized carbons (Fsp3) is 0.261. The van der Waals surface area contributed by atoms with Crippen molar-refractivity contribution < 1.29 is 28.2 Å². The Kier molecular flexibility index (Phi) is 7.77. The molecular weight excluding hydrogens is 435 g/mol. The van der Waals surface area contributed by atoms with E-state index >= 15 is 0 Å². The van der Waals surface area contributed by atoms with Gasteiger partial charge in [0.2, 0.25) is 0 Å². The smallest absolute Gasteiger partial charge is 0.312 e. The molecule has 0 aliphatic rings. The van der Waals surface area contributed by atoms with Gasteiger partial charge in [0.05, 0.1) is 26.3 Å². The van der Waals surface area contributed by atoms with Gasteiger partial charge in [-0.1, -0.05) is 12.1 Å². The molecule has 9 heteroatoms. The Bertz CT molecular complexity index is 1080. The molecule has 3 rings (SSSR count). The Morgan fingerprint density at radius 2 is 1.78 bits per heavy atom. The molecule has 1 heterocycles. The molecule has 0 unspecified atom stereocenters. The van der Waals surface area contributed by atoms with Gasteiger partial charge in [0, 0.05) is 24.5 Å². The lowest BCUT2D eigenvalue weighted by Gasteiger charge is -2.17. The predicted molar refractivity (Wildman–Crippen MR) is 118 cm³/mol. The van der Waals surface area contributed by atoms with E-state index in [4.69, 9.17) is 14.2 Å². The summed E-state index contributed by atoms with van der Waals surface area (Å²) in [5, 5.41) is 2.50. The first kappa shape index (κ1) is 23.2. The molecule has 2 aromatic carbocycles. The summed E-state index contributed by atoms with van der Waals surface area (Å²) < 4.78 is 28.6. The van der Waals surface area contributed by atoms with E-state index in [2.05, 4.69) is 4.98 Å². The van der Waals surface area contributed by atoms with E-state index < -0.39 is 5.97 Å². The van der Waals surface area contributed by atoms with E-state index in [9.17, 15) is 14.0 Å². The van der Waals surface area contributed by atoms with Crippen molar-refractivity contribution in [1.82, 2.24) is 9.88 Å².